The summed E-state index contributed by atoms with van der Waals surface area (Å²) in [4.78, 5) is 4.67. The molecule has 74 heavy (non-hydrogen) atoms. The maximum absolute atomic E-state index is 2.51. The van der Waals surface area contributed by atoms with Crippen LogP contribution in [-0.4, -0.2) is 0 Å². The van der Waals surface area contributed by atoms with Crippen LogP contribution in [0.2, 0.25) is 0 Å². The SMILES string of the molecule is CC1(C)c2cc(C=Cc3ccc(N(c4ccccc4)c4ccc5ccccc5c4)cc3)ccc2-c2cc3c(cc21)-c1ccc(C=Cc2ccc(N(c4ccccc4)c4ccc5ccccc5c4)cc2)cc1C3(C)C. The van der Waals surface area contributed by atoms with Crippen molar-refractivity contribution in [1.82, 2.24) is 0 Å². The molecule has 354 valence electrons. The Morgan fingerprint density at radius 2 is 0.554 bits per heavy atom. The van der Waals surface area contributed by atoms with Crippen molar-refractivity contribution in [3.63, 3.8) is 0 Å². The first-order chi connectivity index (χ1) is 36.2. The largest absolute Gasteiger partial charge is 0.310 e. The second-order valence-electron chi connectivity index (χ2n) is 21.1. The summed E-state index contributed by atoms with van der Waals surface area (Å²) in [5.74, 6) is 0. The van der Waals surface area contributed by atoms with E-state index in [0.29, 0.717) is 0 Å². The maximum atomic E-state index is 2.51. The van der Waals surface area contributed by atoms with Gasteiger partial charge in [0.05, 0.1) is 0 Å². The highest BCUT2D eigenvalue weighted by Crippen LogP contribution is 2.56. The number of benzene rings is 11. The third kappa shape index (κ3) is 7.91. The van der Waals surface area contributed by atoms with E-state index in [2.05, 4.69) is 304 Å². The number of hydrogen-bond donors (Lipinski definition) is 0. The van der Waals surface area contributed by atoms with Crippen molar-refractivity contribution in [1.29, 1.82) is 0 Å². The molecule has 0 bridgehead atoms. The van der Waals surface area contributed by atoms with E-state index in [1.54, 1.807) is 0 Å². The van der Waals surface area contributed by atoms with Crippen LogP contribution in [0.3, 0.4) is 0 Å². The Kier molecular flexibility index (Phi) is 10.9. The fourth-order valence-corrected chi connectivity index (χ4v) is 11.7. The van der Waals surface area contributed by atoms with Gasteiger partial charge in [-0.25, -0.2) is 0 Å². The summed E-state index contributed by atoms with van der Waals surface area (Å²) in [5.41, 5.74) is 22.2. The van der Waals surface area contributed by atoms with Gasteiger partial charge in [-0.3, -0.25) is 0 Å². The molecule has 2 aliphatic rings. The molecule has 0 unspecified atom stereocenters. The Bertz CT molecular complexity index is 3730. The molecule has 13 rings (SSSR count). The molecule has 0 atom stereocenters. The zero-order chi connectivity index (χ0) is 50.0. The quantitative estimate of drug-likeness (QED) is 0.126. The molecule has 0 amide bonds. The van der Waals surface area contributed by atoms with E-state index < -0.39 is 0 Å². The molecule has 0 spiro atoms. The lowest BCUT2D eigenvalue weighted by atomic mass is 9.79. The summed E-state index contributed by atoms with van der Waals surface area (Å²) in [7, 11) is 0. The Morgan fingerprint density at radius 3 is 0.959 bits per heavy atom. The number of anilines is 6. The predicted molar refractivity (Wildman–Crippen MR) is 317 cm³/mol. The van der Waals surface area contributed by atoms with Crippen LogP contribution in [0.1, 0.15) is 72.2 Å². The highest BCUT2D eigenvalue weighted by molar-refractivity contribution is 5.93. The summed E-state index contributed by atoms with van der Waals surface area (Å²) in [5, 5.41) is 4.94. The van der Waals surface area contributed by atoms with Crippen LogP contribution in [0.15, 0.2) is 243 Å². The summed E-state index contributed by atoms with van der Waals surface area (Å²) < 4.78 is 0. The number of rotatable bonds is 10. The molecule has 2 heteroatoms. The minimum absolute atomic E-state index is 0.145. The van der Waals surface area contributed by atoms with Gasteiger partial charge in [0.25, 0.3) is 0 Å². The Morgan fingerprint density at radius 1 is 0.243 bits per heavy atom. The van der Waals surface area contributed by atoms with Crippen molar-refractivity contribution in [3.05, 3.63) is 287 Å². The van der Waals surface area contributed by atoms with Crippen LogP contribution in [0.4, 0.5) is 34.1 Å². The highest BCUT2D eigenvalue weighted by atomic mass is 15.1. The first-order valence-electron chi connectivity index (χ1n) is 25.9. The van der Waals surface area contributed by atoms with E-state index >= 15 is 0 Å². The predicted octanol–water partition coefficient (Wildman–Crippen LogP) is 19.9. The fraction of sp³-hybridized carbons (Fsp3) is 0.0833. The lowest BCUT2D eigenvalue weighted by Crippen LogP contribution is -2.17. The summed E-state index contributed by atoms with van der Waals surface area (Å²) in [6.07, 6.45) is 9.01. The van der Waals surface area contributed by atoms with Crippen LogP contribution in [-0.2, 0) is 10.8 Å². The molecule has 2 nitrogen and oxygen atoms in total. The average molecular weight is 949 g/mol. The van der Waals surface area contributed by atoms with Crippen LogP contribution in [0.5, 0.6) is 0 Å². The lowest BCUT2D eigenvalue weighted by molar-refractivity contribution is 0.652. The molecular weight excluding hydrogens is 893 g/mol. The Balaban J connectivity index is 0.737. The first kappa shape index (κ1) is 44.9. The van der Waals surface area contributed by atoms with Gasteiger partial charge in [-0.1, -0.05) is 210 Å². The Hall–Kier alpha value is -8.98. The maximum Gasteiger partial charge on any atom is 0.0468 e. The lowest BCUT2D eigenvalue weighted by Gasteiger charge is -2.26. The molecule has 0 saturated carbocycles. The average Bonchev–Trinajstić information content (AvgIpc) is 3.80. The van der Waals surface area contributed by atoms with E-state index in [1.165, 1.54) is 77.2 Å². The van der Waals surface area contributed by atoms with E-state index in [1.807, 2.05) is 0 Å². The third-order valence-electron chi connectivity index (χ3n) is 15.8. The monoisotopic (exact) mass is 948 g/mol. The van der Waals surface area contributed by atoms with Crippen molar-refractivity contribution in [2.75, 3.05) is 9.80 Å². The van der Waals surface area contributed by atoms with Crippen molar-refractivity contribution in [2.45, 2.75) is 38.5 Å². The van der Waals surface area contributed by atoms with Gasteiger partial charge in [0, 0.05) is 45.0 Å². The zero-order valence-corrected chi connectivity index (χ0v) is 42.3. The van der Waals surface area contributed by atoms with Crippen LogP contribution in [0.25, 0.3) is 68.1 Å². The minimum atomic E-state index is -0.145. The van der Waals surface area contributed by atoms with E-state index in [9.17, 15) is 0 Å². The number of nitrogens with zero attached hydrogens (tertiary/aromatic N) is 2. The minimum Gasteiger partial charge on any atom is -0.310 e. The van der Waals surface area contributed by atoms with Crippen molar-refractivity contribution < 1.29 is 0 Å². The molecule has 0 aliphatic heterocycles. The first-order valence-corrected chi connectivity index (χ1v) is 25.9. The summed E-state index contributed by atoms with van der Waals surface area (Å²) in [6, 6.07) is 88.7. The molecule has 0 saturated heterocycles. The van der Waals surface area contributed by atoms with Crippen molar-refractivity contribution in [2.24, 2.45) is 0 Å². The molecule has 0 N–H and O–H groups in total. The highest BCUT2D eigenvalue weighted by Gasteiger charge is 2.41. The van der Waals surface area contributed by atoms with E-state index in [-0.39, 0.29) is 10.8 Å². The van der Waals surface area contributed by atoms with Crippen LogP contribution in [0, 0.1) is 0 Å². The fourth-order valence-electron chi connectivity index (χ4n) is 11.7. The van der Waals surface area contributed by atoms with E-state index in [0.717, 1.165) is 45.3 Å². The van der Waals surface area contributed by atoms with Gasteiger partial charge in [-0.2, -0.15) is 0 Å². The zero-order valence-electron chi connectivity index (χ0n) is 42.3. The van der Waals surface area contributed by atoms with Crippen molar-refractivity contribution in [3.8, 4) is 22.3 Å². The normalized spacial score (nSPS) is 13.8. The molecule has 0 fully saturated rings. The molecule has 0 heterocycles. The van der Waals surface area contributed by atoms with Gasteiger partial charge in [0.2, 0.25) is 0 Å². The standard InChI is InChI=1S/C72H56N2/c1-71(2)67-43-51(25-23-49-27-35-59(36-28-49)73(57-19-7-5-8-20-57)61-39-33-53-15-11-13-17-55(53)45-61)31-41-63(67)65-48-70-66(47-69(65)71)64-42-32-52(44-68(64)72(70,3)4)26-24-50-29-37-60(38-30-50)74(58-21-9-6-10-22-58)62-40-34-54-16-12-14-18-56(54)46-62/h5-48H,1-4H3. The van der Waals surface area contributed by atoms with Gasteiger partial charge >= 0.3 is 0 Å². The number of para-hydroxylation sites is 2. The van der Waals surface area contributed by atoms with Crippen LogP contribution >= 0.6 is 0 Å². The topological polar surface area (TPSA) is 6.48 Å². The van der Waals surface area contributed by atoms with Gasteiger partial charge in [0.15, 0.2) is 0 Å². The second-order valence-corrected chi connectivity index (χ2v) is 21.1. The van der Waals surface area contributed by atoms with Gasteiger partial charge in [0.1, 0.15) is 0 Å². The molecule has 11 aromatic carbocycles. The molecule has 2 aliphatic carbocycles. The van der Waals surface area contributed by atoms with Gasteiger partial charge < -0.3 is 9.80 Å². The number of fused-ring (bicyclic) bond motifs is 8. The smallest absolute Gasteiger partial charge is 0.0468 e. The van der Waals surface area contributed by atoms with Gasteiger partial charge in [-0.05, 0) is 173 Å². The van der Waals surface area contributed by atoms with Crippen molar-refractivity contribution >= 4 is 80.0 Å². The summed E-state index contributed by atoms with van der Waals surface area (Å²) in [6.45, 7) is 9.59. The molecular formula is C72H56N2. The second kappa shape index (κ2) is 17.9. The van der Waals surface area contributed by atoms with Gasteiger partial charge in [-0.15, -0.1) is 0 Å². The molecule has 11 aromatic rings. The molecule has 0 radical (unpaired) electrons. The number of hydrogen-bond acceptors (Lipinski definition) is 2. The third-order valence-corrected chi connectivity index (χ3v) is 15.8. The van der Waals surface area contributed by atoms with E-state index in [4.69, 9.17) is 0 Å². The molecule has 0 aromatic heterocycles. The van der Waals surface area contributed by atoms with Crippen LogP contribution < -0.4 is 9.80 Å². The Labute approximate surface area is 435 Å². The summed E-state index contributed by atoms with van der Waals surface area (Å²) >= 11 is 0.